The van der Waals surface area contributed by atoms with Gasteiger partial charge in [-0.25, -0.2) is 0 Å². The van der Waals surface area contributed by atoms with Crippen LogP contribution in [0.15, 0.2) is 12.3 Å². The standard InChI is InChI=1S/C10H21NO/c1-6-8(4)12-9(5)10(11)7(2)3/h7-8,10H,5-6,11H2,1-4H3. The van der Waals surface area contributed by atoms with Gasteiger partial charge in [-0.05, 0) is 19.3 Å². The van der Waals surface area contributed by atoms with E-state index >= 15 is 0 Å². The van der Waals surface area contributed by atoms with Crippen molar-refractivity contribution >= 4 is 0 Å². The second kappa shape index (κ2) is 5.20. The highest BCUT2D eigenvalue weighted by molar-refractivity contribution is 4.97. The minimum Gasteiger partial charge on any atom is -0.494 e. The molecule has 2 atom stereocenters. The summed E-state index contributed by atoms with van der Waals surface area (Å²) in [6, 6.07) is -0.0426. The molecule has 0 spiro atoms. The average Bonchev–Trinajstić information content (AvgIpc) is 2.02. The van der Waals surface area contributed by atoms with Crippen molar-refractivity contribution in [1.82, 2.24) is 0 Å². The molecule has 0 aliphatic rings. The molecule has 2 nitrogen and oxygen atoms in total. The Morgan fingerprint density at radius 2 is 1.92 bits per heavy atom. The maximum atomic E-state index is 5.84. The molecule has 2 N–H and O–H groups in total. The Morgan fingerprint density at radius 1 is 1.42 bits per heavy atom. The van der Waals surface area contributed by atoms with Crippen molar-refractivity contribution < 1.29 is 4.74 Å². The second-order valence-corrected chi connectivity index (χ2v) is 3.57. The molecule has 2 unspecified atom stereocenters. The third-order valence-corrected chi connectivity index (χ3v) is 2.02. The van der Waals surface area contributed by atoms with Crippen molar-refractivity contribution in [3.05, 3.63) is 12.3 Å². The maximum absolute atomic E-state index is 5.84. The zero-order chi connectivity index (χ0) is 9.72. The van der Waals surface area contributed by atoms with Crippen LogP contribution in [0.4, 0.5) is 0 Å². The Morgan fingerprint density at radius 3 is 2.25 bits per heavy atom. The van der Waals surface area contributed by atoms with E-state index in [1.165, 1.54) is 0 Å². The first-order chi connectivity index (χ1) is 5.49. The fraction of sp³-hybridized carbons (Fsp3) is 0.800. The van der Waals surface area contributed by atoms with Gasteiger partial charge in [0, 0.05) is 0 Å². The molecule has 0 aliphatic carbocycles. The van der Waals surface area contributed by atoms with Crippen molar-refractivity contribution in [3.8, 4) is 0 Å². The molecule has 0 aromatic heterocycles. The molecule has 0 radical (unpaired) electrons. The van der Waals surface area contributed by atoms with Gasteiger partial charge in [-0.1, -0.05) is 27.4 Å². The molecule has 0 bridgehead atoms. The van der Waals surface area contributed by atoms with Gasteiger partial charge >= 0.3 is 0 Å². The van der Waals surface area contributed by atoms with E-state index in [0.717, 1.165) is 6.42 Å². The molecule has 0 fully saturated rings. The van der Waals surface area contributed by atoms with E-state index in [4.69, 9.17) is 10.5 Å². The summed E-state index contributed by atoms with van der Waals surface area (Å²) in [6.07, 6.45) is 1.21. The molecule has 0 heterocycles. The van der Waals surface area contributed by atoms with E-state index < -0.39 is 0 Å². The summed E-state index contributed by atoms with van der Waals surface area (Å²) in [5.74, 6) is 1.10. The summed E-state index contributed by atoms with van der Waals surface area (Å²) in [4.78, 5) is 0. The quantitative estimate of drug-likeness (QED) is 0.644. The predicted octanol–water partition coefficient (Wildman–Crippen LogP) is 2.30. The van der Waals surface area contributed by atoms with Crippen LogP contribution in [0.5, 0.6) is 0 Å². The van der Waals surface area contributed by atoms with Crippen molar-refractivity contribution in [2.45, 2.75) is 46.3 Å². The number of ether oxygens (including phenoxy) is 1. The minimum absolute atomic E-state index is 0.0426. The normalized spacial score (nSPS) is 15.8. The second-order valence-electron chi connectivity index (χ2n) is 3.57. The van der Waals surface area contributed by atoms with E-state index in [9.17, 15) is 0 Å². The maximum Gasteiger partial charge on any atom is 0.106 e. The van der Waals surface area contributed by atoms with Crippen LogP contribution >= 0.6 is 0 Å². The number of hydrogen-bond acceptors (Lipinski definition) is 2. The largest absolute Gasteiger partial charge is 0.494 e. The Balaban J connectivity index is 3.87. The summed E-state index contributed by atoms with van der Waals surface area (Å²) >= 11 is 0. The lowest BCUT2D eigenvalue weighted by molar-refractivity contribution is 0.110. The van der Waals surface area contributed by atoms with Crippen LogP contribution in [-0.4, -0.2) is 12.1 Å². The molecule has 0 aromatic rings. The van der Waals surface area contributed by atoms with Crippen LogP contribution in [0, 0.1) is 5.92 Å². The third kappa shape index (κ3) is 3.77. The van der Waals surface area contributed by atoms with Crippen LogP contribution in [0.25, 0.3) is 0 Å². The first-order valence-electron chi connectivity index (χ1n) is 4.60. The zero-order valence-corrected chi connectivity index (χ0v) is 8.63. The average molecular weight is 171 g/mol. The fourth-order valence-electron chi connectivity index (χ4n) is 0.792. The lowest BCUT2D eigenvalue weighted by Gasteiger charge is -2.22. The molecule has 12 heavy (non-hydrogen) atoms. The highest BCUT2D eigenvalue weighted by Crippen LogP contribution is 2.12. The van der Waals surface area contributed by atoms with Crippen molar-refractivity contribution in [2.75, 3.05) is 0 Å². The zero-order valence-electron chi connectivity index (χ0n) is 8.63. The summed E-state index contributed by atoms with van der Waals surface area (Å²) in [5.41, 5.74) is 5.84. The van der Waals surface area contributed by atoms with Gasteiger partial charge in [0.25, 0.3) is 0 Å². The van der Waals surface area contributed by atoms with E-state index in [0.29, 0.717) is 11.7 Å². The van der Waals surface area contributed by atoms with Gasteiger partial charge < -0.3 is 10.5 Å². The van der Waals surface area contributed by atoms with Crippen molar-refractivity contribution in [1.29, 1.82) is 0 Å². The Bertz CT molecular complexity index is 143. The van der Waals surface area contributed by atoms with E-state index in [1.54, 1.807) is 0 Å². The number of rotatable bonds is 5. The highest BCUT2D eigenvalue weighted by Gasteiger charge is 2.14. The molecule has 0 aliphatic heterocycles. The van der Waals surface area contributed by atoms with Gasteiger partial charge in [-0.3, -0.25) is 0 Å². The lowest BCUT2D eigenvalue weighted by Crippen LogP contribution is -2.30. The molecule has 2 heteroatoms. The van der Waals surface area contributed by atoms with Crippen LogP contribution in [0.3, 0.4) is 0 Å². The van der Waals surface area contributed by atoms with E-state index in [2.05, 4.69) is 27.4 Å². The van der Waals surface area contributed by atoms with Crippen molar-refractivity contribution in [2.24, 2.45) is 11.7 Å². The number of hydrogen-bond donors (Lipinski definition) is 1. The van der Waals surface area contributed by atoms with E-state index in [-0.39, 0.29) is 12.1 Å². The summed E-state index contributed by atoms with van der Waals surface area (Å²) in [5, 5.41) is 0. The predicted molar refractivity (Wildman–Crippen MR) is 52.8 cm³/mol. The van der Waals surface area contributed by atoms with Crippen LogP contribution in [0.1, 0.15) is 34.1 Å². The molecule has 0 rings (SSSR count). The Hall–Kier alpha value is -0.500. The Labute approximate surface area is 75.8 Å². The molecule has 72 valence electrons. The van der Waals surface area contributed by atoms with Gasteiger partial charge in [-0.15, -0.1) is 0 Å². The molecule has 0 saturated heterocycles. The molecule has 0 aromatic carbocycles. The highest BCUT2D eigenvalue weighted by atomic mass is 16.5. The summed E-state index contributed by atoms with van der Waals surface area (Å²) in [6.45, 7) is 12.1. The van der Waals surface area contributed by atoms with Crippen LogP contribution in [-0.2, 0) is 4.74 Å². The first kappa shape index (κ1) is 11.5. The summed E-state index contributed by atoms with van der Waals surface area (Å²) < 4.78 is 5.50. The van der Waals surface area contributed by atoms with Crippen LogP contribution in [0.2, 0.25) is 0 Å². The third-order valence-electron chi connectivity index (χ3n) is 2.02. The van der Waals surface area contributed by atoms with Crippen LogP contribution < -0.4 is 5.73 Å². The minimum atomic E-state index is -0.0426. The SMILES string of the molecule is C=C(OC(C)CC)C(N)C(C)C. The molecular formula is C10H21NO. The fourth-order valence-corrected chi connectivity index (χ4v) is 0.792. The van der Waals surface area contributed by atoms with Gasteiger partial charge in [0.15, 0.2) is 0 Å². The van der Waals surface area contributed by atoms with Gasteiger partial charge in [0.2, 0.25) is 0 Å². The van der Waals surface area contributed by atoms with Gasteiger partial charge in [0.05, 0.1) is 12.1 Å². The first-order valence-corrected chi connectivity index (χ1v) is 4.60. The van der Waals surface area contributed by atoms with E-state index in [1.807, 2.05) is 6.92 Å². The molecule has 0 amide bonds. The topological polar surface area (TPSA) is 35.2 Å². The number of nitrogens with two attached hydrogens (primary N) is 1. The van der Waals surface area contributed by atoms with Gasteiger partial charge in [-0.2, -0.15) is 0 Å². The molecular weight excluding hydrogens is 150 g/mol. The lowest BCUT2D eigenvalue weighted by atomic mass is 10.0. The van der Waals surface area contributed by atoms with Crippen molar-refractivity contribution in [3.63, 3.8) is 0 Å². The molecule has 0 saturated carbocycles. The summed E-state index contributed by atoms with van der Waals surface area (Å²) in [7, 11) is 0. The Kier molecular flexibility index (Phi) is 4.98. The smallest absolute Gasteiger partial charge is 0.106 e. The monoisotopic (exact) mass is 171 g/mol. The van der Waals surface area contributed by atoms with Gasteiger partial charge in [0.1, 0.15) is 5.76 Å².